The molecule has 0 aromatic heterocycles. The fourth-order valence-corrected chi connectivity index (χ4v) is 2.69. The van der Waals surface area contributed by atoms with Crippen LogP contribution in [0.15, 0.2) is 0 Å². The second-order valence-electron chi connectivity index (χ2n) is 4.88. The van der Waals surface area contributed by atoms with Crippen molar-refractivity contribution in [1.82, 2.24) is 9.80 Å². The summed E-state index contributed by atoms with van der Waals surface area (Å²) in [6.45, 7) is 12.4. The Labute approximate surface area is 125 Å². The molecule has 0 unspecified atom stereocenters. The molecular formula is C15H32N2OS. The van der Waals surface area contributed by atoms with Crippen LogP contribution in [0.4, 0.5) is 0 Å². The number of hydrogen-bond donors (Lipinski definition) is 1. The van der Waals surface area contributed by atoms with Crippen molar-refractivity contribution in [2.45, 2.75) is 58.9 Å². The third kappa shape index (κ3) is 4.99. The van der Waals surface area contributed by atoms with Gasteiger partial charge in [-0.15, -0.1) is 0 Å². The molecule has 1 aliphatic heterocycles. The van der Waals surface area contributed by atoms with Gasteiger partial charge in [-0.1, -0.05) is 27.7 Å². The number of piperazine rings is 1. The molecule has 114 valence electrons. The van der Waals surface area contributed by atoms with Gasteiger partial charge in [0.15, 0.2) is 0 Å². The molecule has 2 fully saturated rings. The number of carbonyl (C=O) groups is 1. The summed E-state index contributed by atoms with van der Waals surface area (Å²) in [6.07, 6.45) is 6.16. The number of hydrogen-bond acceptors (Lipinski definition) is 3. The first-order valence-corrected chi connectivity index (χ1v) is 8.59. The lowest BCUT2D eigenvalue weighted by Gasteiger charge is -2.42. The van der Waals surface area contributed by atoms with E-state index >= 15 is 0 Å². The molecule has 0 N–H and O–H groups in total. The van der Waals surface area contributed by atoms with E-state index in [2.05, 4.69) is 29.4 Å². The van der Waals surface area contributed by atoms with Crippen LogP contribution in [-0.4, -0.2) is 53.7 Å². The average Bonchev–Trinajstić information content (AvgIpc) is 3.25. The van der Waals surface area contributed by atoms with E-state index in [0.717, 1.165) is 19.6 Å². The minimum atomic E-state index is 0.331. The first-order valence-electron chi connectivity index (χ1n) is 7.69. The Morgan fingerprint density at radius 1 is 1.16 bits per heavy atom. The van der Waals surface area contributed by atoms with Crippen LogP contribution in [0.5, 0.6) is 0 Å². The van der Waals surface area contributed by atoms with Gasteiger partial charge in [-0.3, -0.25) is 9.69 Å². The number of nitrogens with zero attached hydrogens (tertiary/aromatic N) is 2. The maximum atomic E-state index is 11.7. The maximum Gasteiger partial charge on any atom is 0.222 e. The number of amides is 1. The summed E-state index contributed by atoms with van der Waals surface area (Å²) in [5.74, 6) is 0.331. The Hall–Kier alpha value is -0.220. The molecule has 3 nitrogen and oxygen atoms in total. The fourth-order valence-electron chi connectivity index (χ4n) is 2.69. The van der Waals surface area contributed by atoms with Crippen LogP contribution in [-0.2, 0) is 4.79 Å². The van der Waals surface area contributed by atoms with Crippen LogP contribution in [0.25, 0.3) is 0 Å². The standard InChI is InChI=1S/C12H22N2O.C2H6.CH4S/c1-3-7-14-9-8-13(11(15)4-2)10-12(14)5-6-12;2*1-2/h3-10H2,1-2H3;1-2H3;2H,1H3. The molecule has 0 radical (unpaired) electrons. The van der Waals surface area contributed by atoms with E-state index < -0.39 is 0 Å². The Bertz CT molecular complexity index is 255. The van der Waals surface area contributed by atoms with E-state index in [0.29, 0.717) is 17.9 Å². The molecule has 0 aromatic rings. The zero-order valence-corrected chi connectivity index (χ0v) is 14.3. The van der Waals surface area contributed by atoms with E-state index in [9.17, 15) is 4.79 Å². The van der Waals surface area contributed by atoms with E-state index in [1.807, 2.05) is 20.8 Å². The van der Waals surface area contributed by atoms with E-state index in [4.69, 9.17) is 0 Å². The second kappa shape index (κ2) is 9.65. The molecule has 1 amide bonds. The molecule has 19 heavy (non-hydrogen) atoms. The van der Waals surface area contributed by atoms with E-state index in [1.54, 1.807) is 6.26 Å². The van der Waals surface area contributed by atoms with Gasteiger partial charge in [0, 0.05) is 31.6 Å². The summed E-state index contributed by atoms with van der Waals surface area (Å²) < 4.78 is 0. The second-order valence-corrected chi connectivity index (χ2v) is 4.88. The molecule has 1 saturated carbocycles. The fraction of sp³-hybridized carbons (Fsp3) is 0.933. The number of rotatable bonds is 3. The minimum Gasteiger partial charge on any atom is -0.340 e. The molecule has 2 rings (SSSR count). The molecule has 4 heteroatoms. The van der Waals surface area contributed by atoms with Crippen molar-refractivity contribution >= 4 is 18.5 Å². The predicted octanol–water partition coefficient (Wildman–Crippen LogP) is 3.06. The number of carbonyl (C=O) groups excluding carboxylic acids is 1. The Kier molecular flexibility index (Phi) is 9.54. The molecular weight excluding hydrogens is 256 g/mol. The summed E-state index contributed by atoms with van der Waals surface area (Å²) in [5.41, 5.74) is 0.388. The molecule has 0 bridgehead atoms. The van der Waals surface area contributed by atoms with Crippen molar-refractivity contribution in [1.29, 1.82) is 0 Å². The smallest absolute Gasteiger partial charge is 0.222 e. The lowest BCUT2D eigenvalue weighted by Crippen LogP contribution is -2.56. The SMILES string of the molecule is CC.CCCN1CCN(C(=O)CC)CC12CC2.CS. The summed E-state index contributed by atoms with van der Waals surface area (Å²) in [5, 5.41) is 0. The summed E-state index contributed by atoms with van der Waals surface area (Å²) in [6, 6.07) is 0. The van der Waals surface area contributed by atoms with Crippen LogP contribution in [0, 0.1) is 0 Å². The third-order valence-corrected chi connectivity index (χ3v) is 3.77. The van der Waals surface area contributed by atoms with Crippen molar-refractivity contribution in [2.24, 2.45) is 0 Å². The largest absolute Gasteiger partial charge is 0.340 e. The lowest BCUT2D eigenvalue weighted by atomic mass is 10.1. The van der Waals surface area contributed by atoms with Gasteiger partial charge in [-0.05, 0) is 32.1 Å². The van der Waals surface area contributed by atoms with Crippen molar-refractivity contribution in [3.8, 4) is 0 Å². The first-order chi connectivity index (χ1) is 9.22. The monoisotopic (exact) mass is 288 g/mol. The molecule has 1 saturated heterocycles. The highest BCUT2D eigenvalue weighted by Gasteiger charge is 2.51. The molecule has 1 heterocycles. The summed E-state index contributed by atoms with van der Waals surface area (Å²) in [4.78, 5) is 16.3. The van der Waals surface area contributed by atoms with Gasteiger partial charge in [0.2, 0.25) is 5.91 Å². The third-order valence-electron chi connectivity index (χ3n) is 3.77. The van der Waals surface area contributed by atoms with Crippen molar-refractivity contribution in [3.63, 3.8) is 0 Å². The Morgan fingerprint density at radius 2 is 1.74 bits per heavy atom. The van der Waals surface area contributed by atoms with Crippen molar-refractivity contribution in [3.05, 3.63) is 0 Å². The summed E-state index contributed by atoms with van der Waals surface area (Å²) >= 11 is 3.53. The van der Waals surface area contributed by atoms with Crippen LogP contribution in [0.1, 0.15) is 53.4 Å². The number of thiol groups is 1. The van der Waals surface area contributed by atoms with Gasteiger partial charge in [-0.2, -0.15) is 12.6 Å². The van der Waals surface area contributed by atoms with E-state index in [1.165, 1.54) is 25.8 Å². The molecule has 0 atom stereocenters. The summed E-state index contributed by atoms with van der Waals surface area (Å²) in [7, 11) is 0. The minimum absolute atomic E-state index is 0.331. The predicted molar refractivity (Wildman–Crippen MR) is 87.0 cm³/mol. The Balaban J connectivity index is 0.000000741. The first kappa shape index (κ1) is 18.8. The van der Waals surface area contributed by atoms with Crippen molar-refractivity contribution < 1.29 is 4.79 Å². The van der Waals surface area contributed by atoms with Crippen LogP contribution >= 0.6 is 12.6 Å². The average molecular weight is 289 g/mol. The highest BCUT2D eigenvalue weighted by atomic mass is 32.1. The highest BCUT2D eigenvalue weighted by molar-refractivity contribution is 7.79. The van der Waals surface area contributed by atoms with Gasteiger partial charge in [-0.25, -0.2) is 0 Å². The lowest BCUT2D eigenvalue weighted by molar-refractivity contribution is -0.134. The molecule has 2 aliphatic rings. The highest BCUT2D eigenvalue weighted by Crippen LogP contribution is 2.44. The van der Waals surface area contributed by atoms with Crippen molar-refractivity contribution in [2.75, 3.05) is 32.4 Å². The van der Waals surface area contributed by atoms with Crippen LogP contribution < -0.4 is 0 Å². The van der Waals surface area contributed by atoms with Gasteiger partial charge < -0.3 is 4.90 Å². The quantitative estimate of drug-likeness (QED) is 0.807. The van der Waals surface area contributed by atoms with Gasteiger partial charge in [0.25, 0.3) is 0 Å². The van der Waals surface area contributed by atoms with Gasteiger partial charge in [0.05, 0.1) is 0 Å². The van der Waals surface area contributed by atoms with Gasteiger partial charge in [0.1, 0.15) is 0 Å². The normalized spacial score (nSPS) is 20.0. The molecule has 0 aromatic carbocycles. The van der Waals surface area contributed by atoms with Crippen LogP contribution in [0.3, 0.4) is 0 Å². The van der Waals surface area contributed by atoms with Crippen LogP contribution in [0.2, 0.25) is 0 Å². The Morgan fingerprint density at radius 3 is 2.16 bits per heavy atom. The zero-order valence-electron chi connectivity index (χ0n) is 13.4. The topological polar surface area (TPSA) is 23.6 Å². The van der Waals surface area contributed by atoms with E-state index in [-0.39, 0.29) is 0 Å². The van der Waals surface area contributed by atoms with Gasteiger partial charge >= 0.3 is 0 Å². The molecule has 1 spiro atoms. The zero-order chi connectivity index (χ0) is 14.9. The molecule has 1 aliphatic carbocycles. The maximum absolute atomic E-state index is 11.7.